The van der Waals surface area contributed by atoms with Crippen molar-refractivity contribution in [1.29, 1.82) is 10.9 Å². The number of hydrazone groups is 1. The third-order valence-electron chi connectivity index (χ3n) is 4.34. The summed E-state index contributed by atoms with van der Waals surface area (Å²) in [5.74, 6) is 10.1. The molecular formula is C14H18F3N11. The standard InChI is InChI=1S/C14H18F3N11/c15-14(16,17)8-6-9-10(5-7(8)12(24-19)25-20)28(26-21)11(18)13(23-9)27-3-1-22-2-4-27/h5-6,18,21-22H,1-4,19-20H2,(H,24,25). The molecule has 150 valence electrons. The normalized spacial score (nSPS) is 15.7. The van der Waals surface area contributed by atoms with E-state index in [1.54, 1.807) is 4.90 Å². The van der Waals surface area contributed by atoms with Crippen molar-refractivity contribution < 1.29 is 13.2 Å². The van der Waals surface area contributed by atoms with Gasteiger partial charge in [-0.05, 0) is 12.1 Å². The minimum Gasteiger partial charge on any atom is -0.351 e. The first-order valence-electron chi connectivity index (χ1n) is 8.12. The molecule has 2 heterocycles. The third-order valence-corrected chi connectivity index (χ3v) is 4.34. The maximum absolute atomic E-state index is 13.6. The monoisotopic (exact) mass is 397 g/mol. The Kier molecular flexibility index (Phi) is 5.15. The molecule has 0 saturated carbocycles. The SMILES string of the molecule is N=Nn1c(=N)c(N2CCNCC2)nc2cc(C(F)(F)F)c(/C(=N\N)NN)cc21. The lowest BCUT2D eigenvalue weighted by atomic mass is 10.0. The predicted molar refractivity (Wildman–Crippen MR) is 94.3 cm³/mol. The van der Waals surface area contributed by atoms with Crippen molar-refractivity contribution in [2.75, 3.05) is 31.1 Å². The fraction of sp³-hybridized carbons (Fsp3) is 0.357. The molecule has 3 rings (SSSR count). The highest BCUT2D eigenvalue weighted by atomic mass is 19.4. The molecule has 1 aliphatic rings. The van der Waals surface area contributed by atoms with Crippen LogP contribution in [0.2, 0.25) is 0 Å². The number of hydrogen-bond donors (Lipinski definition) is 6. The van der Waals surface area contributed by atoms with Gasteiger partial charge in [-0.2, -0.15) is 28.5 Å². The van der Waals surface area contributed by atoms with E-state index in [4.69, 9.17) is 22.6 Å². The Bertz CT molecular complexity index is 989. The number of anilines is 1. The second kappa shape index (κ2) is 7.40. The van der Waals surface area contributed by atoms with E-state index in [1.807, 2.05) is 5.43 Å². The summed E-state index contributed by atoms with van der Waals surface area (Å²) in [6, 6.07) is 1.86. The molecule has 28 heavy (non-hydrogen) atoms. The molecule has 1 saturated heterocycles. The number of aromatic nitrogens is 2. The van der Waals surface area contributed by atoms with E-state index in [2.05, 4.69) is 20.6 Å². The largest absolute Gasteiger partial charge is 0.417 e. The maximum atomic E-state index is 13.6. The molecule has 1 aromatic carbocycles. The van der Waals surface area contributed by atoms with E-state index < -0.39 is 23.1 Å². The Morgan fingerprint density at radius 1 is 1.29 bits per heavy atom. The molecule has 0 atom stereocenters. The van der Waals surface area contributed by atoms with Crippen LogP contribution in [0.4, 0.5) is 19.0 Å². The molecule has 11 nitrogen and oxygen atoms in total. The van der Waals surface area contributed by atoms with Crippen molar-refractivity contribution in [1.82, 2.24) is 20.4 Å². The van der Waals surface area contributed by atoms with Crippen LogP contribution in [0.5, 0.6) is 0 Å². The first-order chi connectivity index (χ1) is 13.3. The third kappa shape index (κ3) is 3.34. The molecule has 0 amide bonds. The summed E-state index contributed by atoms with van der Waals surface area (Å²) in [7, 11) is 0. The minimum atomic E-state index is -4.74. The summed E-state index contributed by atoms with van der Waals surface area (Å²) in [5, 5.41) is 18.0. The highest BCUT2D eigenvalue weighted by molar-refractivity contribution is 6.02. The number of nitrogens with two attached hydrogens (primary N) is 2. The number of benzene rings is 1. The van der Waals surface area contributed by atoms with Crippen molar-refractivity contribution in [2.24, 2.45) is 22.0 Å². The van der Waals surface area contributed by atoms with E-state index in [9.17, 15) is 13.2 Å². The number of hydrazine groups is 1. The Balaban J connectivity index is 2.35. The van der Waals surface area contributed by atoms with Crippen LogP contribution in [-0.2, 0) is 6.18 Å². The molecular weight excluding hydrogens is 379 g/mol. The second-order valence-electron chi connectivity index (χ2n) is 5.94. The zero-order valence-electron chi connectivity index (χ0n) is 14.5. The van der Waals surface area contributed by atoms with E-state index >= 15 is 0 Å². The number of halogens is 3. The fourth-order valence-electron chi connectivity index (χ4n) is 3.03. The van der Waals surface area contributed by atoms with Crippen LogP contribution in [0.25, 0.3) is 11.0 Å². The van der Waals surface area contributed by atoms with Gasteiger partial charge in [0.05, 0.1) is 16.6 Å². The van der Waals surface area contributed by atoms with Crippen LogP contribution in [0, 0.1) is 10.9 Å². The quantitative estimate of drug-likeness (QED) is 0.138. The van der Waals surface area contributed by atoms with Gasteiger partial charge in [-0.3, -0.25) is 5.41 Å². The van der Waals surface area contributed by atoms with Gasteiger partial charge in [-0.15, -0.1) is 0 Å². The average Bonchev–Trinajstić information content (AvgIpc) is 2.68. The van der Waals surface area contributed by atoms with Crippen LogP contribution in [0.1, 0.15) is 11.1 Å². The molecule has 0 aliphatic carbocycles. The van der Waals surface area contributed by atoms with E-state index in [0.29, 0.717) is 26.2 Å². The number of nitrogens with one attached hydrogen (secondary N) is 4. The summed E-state index contributed by atoms with van der Waals surface area (Å²) in [4.78, 5) is 6.02. The molecule has 1 fully saturated rings. The summed E-state index contributed by atoms with van der Waals surface area (Å²) in [6.07, 6.45) is -4.74. The van der Waals surface area contributed by atoms with Crippen LogP contribution >= 0.6 is 0 Å². The second-order valence-corrected chi connectivity index (χ2v) is 5.94. The van der Waals surface area contributed by atoms with Gasteiger partial charge in [0, 0.05) is 31.7 Å². The zero-order chi connectivity index (χ0) is 20.5. The molecule has 2 aromatic rings. The van der Waals surface area contributed by atoms with Gasteiger partial charge < -0.3 is 21.5 Å². The lowest BCUT2D eigenvalue weighted by Crippen LogP contribution is -2.46. The van der Waals surface area contributed by atoms with Crippen molar-refractivity contribution >= 4 is 22.7 Å². The van der Waals surface area contributed by atoms with Gasteiger partial charge in [-0.25, -0.2) is 10.8 Å². The van der Waals surface area contributed by atoms with Gasteiger partial charge in [0.1, 0.15) is 0 Å². The summed E-state index contributed by atoms with van der Waals surface area (Å²) >= 11 is 0. The summed E-state index contributed by atoms with van der Waals surface area (Å²) in [6.45, 7) is 2.33. The number of amidine groups is 1. The molecule has 0 radical (unpaired) electrons. The number of fused-ring (bicyclic) bond motifs is 1. The molecule has 8 N–H and O–H groups in total. The van der Waals surface area contributed by atoms with E-state index in [0.717, 1.165) is 16.8 Å². The van der Waals surface area contributed by atoms with E-state index in [-0.39, 0.29) is 22.3 Å². The number of piperazine rings is 1. The first kappa shape index (κ1) is 19.5. The number of alkyl halides is 3. The molecule has 14 heteroatoms. The molecule has 1 aliphatic heterocycles. The average molecular weight is 397 g/mol. The van der Waals surface area contributed by atoms with Crippen LogP contribution < -0.4 is 32.8 Å². The number of nitrogens with zero attached hydrogens (tertiary/aromatic N) is 5. The smallest absolute Gasteiger partial charge is 0.351 e. The zero-order valence-corrected chi connectivity index (χ0v) is 14.5. The minimum absolute atomic E-state index is 0.0123. The number of hydrogen-bond acceptors (Lipinski definition) is 9. The van der Waals surface area contributed by atoms with E-state index in [1.165, 1.54) is 0 Å². The lowest BCUT2D eigenvalue weighted by Gasteiger charge is -2.28. The van der Waals surface area contributed by atoms with Crippen LogP contribution in [0.3, 0.4) is 0 Å². The highest BCUT2D eigenvalue weighted by Gasteiger charge is 2.36. The Morgan fingerprint density at radius 3 is 2.50 bits per heavy atom. The predicted octanol–water partition coefficient (Wildman–Crippen LogP) is -0.178. The maximum Gasteiger partial charge on any atom is 0.417 e. The number of rotatable bonds is 3. The van der Waals surface area contributed by atoms with Crippen molar-refractivity contribution in [3.8, 4) is 0 Å². The first-order valence-corrected chi connectivity index (χ1v) is 8.12. The van der Waals surface area contributed by atoms with Gasteiger partial charge >= 0.3 is 6.18 Å². The van der Waals surface area contributed by atoms with Gasteiger partial charge in [0.25, 0.3) is 0 Å². The van der Waals surface area contributed by atoms with Gasteiger partial charge in [0.15, 0.2) is 17.1 Å². The Hall–Kier alpha value is -3.26. The van der Waals surface area contributed by atoms with Gasteiger partial charge in [0.2, 0.25) is 0 Å². The molecule has 1 aromatic heterocycles. The van der Waals surface area contributed by atoms with Crippen LogP contribution in [0.15, 0.2) is 22.5 Å². The summed E-state index contributed by atoms with van der Waals surface area (Å²) in [5.41, 5.74) is 7.64. The van der Waals surface area contributed by atoms with Crippen molar-refractivity contribution in [2.45, 2.75) is 6.18 Å². The molecule has 0 unspecified atom stereocenters. The topological polar surface area (TPSA) is 170 Å². The van der Waals surface area contributed by atoms with Gasteiger partial charge in [-0.1, -0.05) is 5.22 Å². The van der Waals surface area contributed by atoms with Crippen LogP contribution in [-0.4, -0.2) is 41.7 Å². The molecule has 0 bridgehead atoms. The Morgan fingerprint density at radius 2 is 1.96 bits per heavy atom. The summed E-state index contributed by atoms with van der Waals surface area (Å²) < 4.78 is 41.7. The fourth-order valence-corrected chi connectivity index (χ4v) is 3.03. The van der Waals surface area contributed by atoms with Crippen molar-refractivity contribution in [3.63, 3.8) is 0 Å². The lowest BCUT2D eigenvalue weighted by molar-refractivity contribution is -0.137. The molecule has 0 spiro atoms. The Labute approximate surface area is 156 Å². The highest BCUT2D eigenvalue weighted by Crippen LogP contribution is 2.34. The van der Waals surface area contributed by atoms with Crippen molar-refractivity contribution in [3.05, 3.63) is 28.7 Å².